The first-order valence-corrected chi connectivity index (χ1v) is 9.76. The first-order valence-electron chi connectivity index (χ1n) is 9.76. The highest BCUT2D eigenvalue weighted by Crippen LogP contribution is 2.28. The summed E-state index contributed by atoms with van der Waals surface area (Å²) in [6.45, 7) is 4.63. The van der Waals surface area contributed by atoms with Crippen LogP contribution < -0.4 is 0 Å². The van der Waals surface area contributed by atoms with Gasteiger partial charge in [-0.15, -0.1) is 0 Å². The van der Waals surface area contributed by atoms with E-state index in [2.05, 4.69) is 39.0 Å². The molecule has 1 N–H and O–H groups in total. The Morgan fingerprint density at radius 2 is 2.00 bits per heavy atom. The predicted octanol–water partition coefficient (Wildman–Crippen LogP) is 3.05. The molecule has 2 aromatic rings. The molecule has 4 nitrogen and oxygen atoms in total. The van der Waals surface area contributed by atoms with Crippen molar-refractivity contribution < 1.29 is 5.11 Å². The molecule has 0 bridgehead atoms. The summed E-state index contributed by atoms with van der Waals surface area (Å²) in [6.07, 6.45) is 8.20. The molecule has 4 rings (SSSR count). The summed E-state index contributed by atoms with van der Waals surface area (Å²) in [5.74, 6) is 0. The second-order valence-electron chi connectivity index (χ2n) is 7.61. The highest BCUT2D eigenvalue weighted by atomic mass is 16.3. The standard InChI is InChI=1S/C21H29N3O/c25-13-9-20-16-23(11-12-24(20)19-5-1-2-6-19)15-17-7-8-21-18(14-17)4-3-10-22-21/h3-4,7-8,10,14,19-20,25H,1-2,5-6,9,11-13,15-16H2. The summed E-state index contributed by atoms with van der Waals surface area (Å²) < 4.78 is 0. The van der Waals surface area contributed by atoms with E-state index < -0.39 is 0 Å². The molecular formula is C21H29N3O. The van der Waals surface area contributed by atoms with E-state index in [9.17, 15) is 5.11 Å². The van der Waals surface area contributed by atoms with Gasteiger partial charge in [0.05, 0.1) is 5.52 Å². The van der Waals surface area contributed by atoms with Crippen LogP contribution in [0.1, 0.15) is 37.7 Å². The van der Waals surface area contributed by atoms with Crippen molar-refractivity contribution in [3.05, 3.63) is 42.1 Å². The minimum atomic E-state index is 0.295. The molecule has 1 aliphatic carbocycles. The number of hydrogen-bond acceptors (Lipinski definition) is 4. The van der Waals surface area contributed by atoms with Crippen LogP contribution in [-0.2, 0) is 6.54 Å². The second-order valence-corrected chi connectivity index (χ2v) is 7.61. The van der Waals surface area contributed by atoms with Crippen molar-refractivity contribution in [3.63, 3.8) is 0 Å². The van der Waals surface area contributed by atoms with Crippen molar-refractivity contribution in [2.24, 2.45) is 0 Å². The normalized spacial score (nSPS) is 23.5. The van der Waals surface area contributed by atoms with Crippen LogP contribution in [0.25, 0.3) is 10.9 Å². The van der Waals surface area contributed by atoms with Crippen molar-refractivity contribution in [2.75, 3.05) is 26.2 Å². The van der Waals surface area contributed by atoms with E-state index in [4.69, 9.17) is 0 Å². The number of pyridine rings is 1. The molecule has 1 unspecified atom stereocenters. The number of nitrogens with zero attached hydrogens (tertiary/aromatic N) is 3. The van der Waals surface area contributed by atoms with Gasteiger partial charge < -0.3 is 5.11 Å². The van der Waals surface area contributed by atoms with Crippen LogP contribution in [-0.4, -0.2) is 58.2 Å². The lowest BCUT2D eigenvalue weighted by atomic mass is 10.0. The Balaban J connectivity index is 1.43. The molecule has 2 heterocycles. The van der Waals surface area contributed by atoms with Crippen LogP contribution in [0.15, 0.2) is 36.5 Å². The molecule has 1 aliphatic heterocycles. The van der Waals surface area contributed by atoms with Gasteiger partial charge in [-0.05, 0) is 43.0 Å². The summed E-state index contributed by atoms with van der Waals surface area (Å²) in [4.78, 5) is 9.67. The van der Waals surface area contributed by atoms with E-state index in [-0.39, 0.29) is 0 Å². The Morgan fingerprint density at radius 3 is 2.84 bits per heavy atom. The molecular weight excluding hydrogens is 310 g/mol. The van der Waals surface area contributed by atoms with Crippen LogP contribution in [0, 0.1) is 0 Å². The molecule has 1 saturated carbocycles. The Labute approximate surface area is 150 Å². The molecule has 4 heteroatoms. The Morgan fingerprint density at radius 1 is 1.12 bits per heavy atom. The van der Waals surface area contributed by atoms with Crippen LogP contribution in [0.4, 0.5) is 0 Å². The van der Waals surface area contributed by atoms with Crippen molar-refractivity contribution in [2.45, 2.75) is 50.7 Å². The van der Waals surface area contributed by atoms with E-state index in [1.54, 1.807) is 0 Å². The SMILES string of the molecule is OCCC1CN(Cc2ccc3ncccc3c2)CCN1C1CCCC1. The average molecular weight is 339 g/mol. The van der Waals surface area contributed by atoms with Gasteiger partial charge in [0.1, 0.15) is 0 Å². The molecule has 0 amide bonds. The highest BCUT2D eigenvalue weighted by molar-refractivity contribution is 5.78. The second kappa shape index (κ2) is 7.81. The lowest BCUT2D eigenvalue weighted by Crippen LogP contribution is -2.55. The van der Waals surface area contributed by atoms with E-state index in [1.165, 1.54) is 36.6 Å². The van der Waals surface area contributed by atoms with Gasteiger partial charge in [0.15, 0.2) is 0 Å². The van der Waals surface area contributed by atoms with Crippen molar-refractivity contribution >= 4 is 10.9 Å². The van der Waals surface area contributed by atoms with E-state index in [1.807, 2.05) is 12.3 Å². The minimum Gasteiger partial charge on any atom is -0.396 e. The van der Waals surface area contributed by atoms with Gasteiger partial charge in [0.25, 0.3) is 0 Å². The fraction of sp³-hybridized carbons (Fsp3) is 0.571. The molecule has 0 spiro atoms. The molecule has 1 atom stereocenters. The van der Waals surface area contributed by atoms with E-state index in [0.29, 0.717) is 12.6 Å². The smallest absolute Gasteiger partial charge is 0.0702 e. The third-order valence-electron chi connectivity index (χ3n) is 5.94. The quantitative estimate of drug-likeness (QED) is 0.909. The minimum absolute atomic E-state index is 0.295. The number of hydrogen-bond donors (Lipinski definition) is 1. The number of aromatic nitrogens is 1. The Hall–Kier alpha value is -1.49. The maximum Gasteiger partial charge on any atom is 0.0702 e. The zero-order valence-electron chi connectivity index (χ0n) is 15.0. The lowest BCUT2D eigenvalue weighted by molar-refractivity contribution is 0.0267. The van der Waals surface area contributed by atoms with Gasteiger partial charge in [-0.1, -0.05) is 25.0 Å². The van der Waals surface area contributed by atoms with Crippen LogP contribution in [0.5, 0.6) is 0 Å². The lowest BCUT2D eigenvalue weighted by Gasteiger charge is -2.44. The van der Waals surface area contributed by atoms with Crippen LogP contribution in [0.3, 0.4) is 0 Å². The summed E-state index contributed by atoms with van der Waals surface area (Å²) in [5.41, 5.74) is 2.42. The summed E-state index contributed by atoms with van der Waals surface area (Å²) >= 11 is 0. The number of rotatable bonds is 5. The average Bonchev–Trinajstić information content (AvgIpc) is 3.17. The van der Waals surface area contributed by atoms with Crippen LogP contribution in [0.2, 0.25) is 0 Å². The maximum absolute atomic E-state index is 9.52. The van der Waals surface area contributed by atoms with Crippen molar-refractivity contribution in [3.8, 4) is 0 Å². The van der Waals surface area contributed by atoms with Crippen molar-refractivity contribution in [1.29, 1.82) is 0 Å². The van der Waals surface area contributed by atoms with Gasteiger partial charge in [-0.2, -0.15) is 0 Å². The zero-order chi connectivity index (χ0) is 17.1. The third kappa shape index (κ3) is 3.86. The van der Waals surface area contributed by atoms with Crippen LogP contribution >= 0.6 is 0 Å². The maximum atomic E-state index is 9.52. The molecule has 0 radical (unpaired) electrons. The summed E-state index contributed by atoms with van der Waals surface area (Å²) in [7, 11) is 0. The molecule has 1 saturated heterocycles. The zero-order valence-corrected chi connectivity index (χ0v) is 15.0. The number of piperazine rings is 1. The fourth-order valence-electron chi connectivity index (χ4n) is 4.68. The number of fused-ring (bicyclic) bond motifs is 1. The molecule has 1 aromatic heterocycles. The predicted molar refractivity (Wildman–Crippen MR) is 101 cm³/mol. The molecule has 134 valence electrons. The van der Waals surface area contributed by atoms with Gasteiger partial charge in [0, 0.05) is 56.5 Å². The van der Waals surface area contributed by atoms with Gasteiger partial charge in [-0.3, -0.25) is 14.8 Å². The van der Waals surface area contributed by atoms with Gasteiger partial charge >= 0.3 is 0 Å². The largest absolute Gasteiger partial charge is 0.396 e. The number of aliphatic hydroxyl groups is 1. The summed E-state index contributed by atoms with van der Waals surface area (Å²) in [6, 6.07) is 12.0. The van der Waals surface area contributed by atoms with E-state index >= 15 is 0 Å². The Kier molecular flexibility index (Phi) is 5.30. The number of benzene rings is 1. The number of aliphatic hydroxyl groups excluding tert-OH is 1. The molecule has 25 heavy (non-hydrogen) atoms. The van der Waals surface area contributed by atoms with Gasteiger partial charge in [-0.25, -0.2) is 0 Å². The van der Waals surface area contributed by atoms with Crippen molar-refractivity contribution in [1.82, 2.24) is 14.8 Å². The monoisotopic (exact) mass is 339 g/mol. The van der Waals surface area contributed by atoms with Gasteiger partial charge in [0.2, 0.25) is 0 Å². The first-order chi connectivity index (χ1) is 12.3. The fourth-order valence-corrected chi connectivity index (χ4v) is 4.68. The first kappa shape index (κ1) is 17.0. The van der Waals surface area contributed by atoms with E-state index in [0.717, 1.165) is 44.2 Å². The third-order valence-corrected chi connectivity index (χ3v) is 5.94. The highest BCUT2D eigenvalue weighted by Gasteiger charge is 2.32. The molecule has 1 aromatic carbocycles. The Bertz CT molecular complexity index is 698. The summed E-state index contributed by atoms with van der Waals surface area (Å²) in [5, 5.41) is 10.7. The molecule has 2 fully saturated rings. The molecule has 2 aliphatic rings. The topological polar surface area (TPSA) is 39.6 Å².